The molecule has 0 unspecified atom stereocenters. The van der Waals surface area contributed by atoms with E-state index in [9.17, 15) is 18.0 Å². The topological polar surface area (TPSA) is 108 Å². The molecule has 3 rings (SSSR count). The highest BCUT2D eigenvalue weighted by molar-refractivity contribution is 7.92. The van der Waals surface area contributed by atoms with E-state index in [-0.39, 0.29) is 11.8 Å². The third-order valence-corrected chi connectivity index (χ3v) is 6.17. The summed E-state index contributed by atoms with van der Waals surface area (Å²) < 4.78 is 26.4. The lowest BCUT2D eigenvalue weighted by Crippen LogP contribution is -2.32. The Balaban J connectivity index is 1.72. The van der Waals surface area contributed by atoms with Crippen LogP contribution in [0.25, 0.3) is 0 Å². The molecule has 30 heavy (non-hydrogen) atoms. The maximum Gasteiger partial charge on any atom is 0.321 e. The van der Waals surface area contributed by atoms with Gasteiger partial charge in [-0.25, -0.2) is 13.2 Å². The molecule has 0 aromatic heterocycles. The number of nitrogens with zero attached hydrogens (tertiary/aromatic N) is 1. The molecule has 0 aliphatic carbocycles. The summed E-state index contributed by atoms with van der Waals surface area (Å²) in [5, 5.41) is 5.63. The third kappa shape index (κ3) is 5.73. The number of sulfonamides is 1. The highest BCUT2D eigenvalue weighted by Crippen LogP contribution is 2.23. The van der Waals surface area contributed by atoms with Gasteiger partial charge in [-0.1, -0.05) is 25.1 Å². The van der Waals surface area contributed by atoms with Crippen LogP contribution in [0.2, 0.25) is 0 Å². The van der Waals surface area contributed by atoms with Crippen LogP contribution >= 0.6 is 0 Å². The Bertz CT molecular complexity index is 1020. The lowest BCUT2D eigenvalue weighted by atomic mass is 10.2. The Morgan fingerprint density at radius 2 is 1.63 bits per heavy atom. The zero-order valence-corrected chi connectivity index (χ0v) is 17.7. The first-order valence-corrected chi connectivity index (χ1v) is 11.6. The van der Waals surface area contributed by atoms with Gasteiger partial charge in [-0.3, -0.25) is 9.52 Å². The summed E-state index contributed by atoms with van der Waals surface area (Å²) >= 11 is 0. The van der Waals surface area contributed by atoms with Crippen LogP contribution in [0.3, 0.4) is 0 Å². The Hall–Kier alpha value is -3.07. The van der Waals surface area contributed by atoms with Gasteiger partial charge in [0.2, 0.25) is 10.0 Å². The van der Waals surface area contributed by atoms with Crippen LogP contribution in [0.5, 0.6) is 0 Å². The largest absolute Gasteiger partial charge is 0.325 e. The van der Waals surface area contributed by atoms with E-state index in [1.54, 1.807) is 54.3 Å². The van der Waals surface area contributed by atoms with Gasteiger partial charge in [-0.15, -0.1) is 0 Å². The highest BCUT2D eigenvalue weighted by Gasteiger charge is 2.19. The quantitative estimate of drug-likeness (QED) is 0.622. The summed E-state index contributed by atoms with van der Waals surface area (Å²) in [6.07, 6.45) is 2.48. The van der Waals surface area contributed by atoms with Gasteiger partial charge in [0, 0.05) is 24.3 Å². The summed E-state index contributed by atoms with van der Waals surface area (Å²) in [6.45, 7) is 3.23. The van der Waals surface area contributed by atoms with Crippen molar-refractivity contribution in [1.82, 2.24) is 4.90 Å². The van der Waals surface area contributed by atoms with Crippen LogP contribution in [0.4, 0.5) is 21.9 Å². The Kier molecular flexibility index (Phi) is 6.94. The normalized spacial score (nSPS) is 13.7. The SMILES string of the molecule is CCCS(=O)(=O)Nc1cccc(C(=O)Nc2ccccc2NC(=O)N2CCCC2)c1. The molecule has 2 aromatic carbocycles. The monoisotopic (exact) mass is 430 g/mol. The molecule has 0 atom stereocenters. The number of hydrogen-bond acceptors (Lipinski definition) is 4. The van der Waals surface area contributed by atoms with Crippen molar-refractivity contribution in [2.24, 2.45) is 0 Å². The van der Waals surface area contributed by atoms with E-state index in [0.717, 1.165) is 25.9 Å². The fourth-order valence-corrected chi connectivity index (χ4v) is 4.36. The fraction of sp³-hybridized carbons (Fsp3) is 0.333. The highest BCUT2D eigenvalue weighted by atomic mass is 32.2. The van der Waals surface area contributed by atoms with Crippen molar-refractivity contribution in [3.63, 3.8) is 0 Å². The standard InChI is InChI=1S/C21H26N4O4S/c1-2-14-30(28,29)24-17-9-7-8-16(15-17)20(26)22-18-10-3-4-11-19(18)23-21(27)25-12-5-6-13-25/h3-4,7-11,15,24H,2,5-6,12-14H2,1H3,(H,22,26)(H,23,27). The minimum Gasteiger partial charge on any atom is -0.325 e. The van der Waals surface area contributed by atoms with E-state index >= 15 is 0 Å². The van der Waals surface area contributed by atoms with Crippen molar-refractivity contribution >= 4 is 39.0 Å². The van der Waals surface area contributed by atoms with E-state index < -0.39 is 15.9 Å². The number of para-hydroxylation sites is 2. The summed E-state index contributed by atoms with van der Waals surface area (Å²) in [7, 11) is -3.45. The zero-order valence-electron chi connectivity index (χ0n) is 16.8. The molecule has 1 aliphatic heterocycles. The van der Waals surface area contributed by atoms with E-state index in [4.69, 9.17) is 0 Å². The summed E-state index contributed by atoms with van der Waals surface area (Å²) in [5.74, 6) is -0.400. The van der Waals surface area contributed by atoms with Crippen LogP contribution in [-0.2, 0) is 10.0 Å². The van der Waals surface area contributed by atoms with Crippen LogP contribution in [0.1, 0.15) is 36.5 Å². The van der Waals surface area contributed by atoms with Gasteiger partial charge in [0.25, 0.3) is 5.91 Å². The molecule has 0 saturated carbocycles. The number of nitrogens with one attached hydrogen (secondary N) is 3. The maximum absolute atomic E-state index is 12.7. The molecule has 1 heterocycles. The van der Waals surface area contributed by atoms with Gasteiger partial charge in [-0.2, -0.15) is 0 Å². The second kappa shape index (κ2) is 9.62. The first-order valence-electron chi connectivity index (χ1n) is 9.95. The summed E-state index contributed by atoms with van der Waals surface area (Å²) in [6, 6.07) is 13.0. The predicted octanol–water partition coefficient (Wildman–Crippen LogP) is 3.72. The molecule has 0 spiro atoms. The molecule has 0 radical (unpaired) electrons. The average Bonchev–Trinajstić information content (AvgIpc) is 3.24. The molecule has 0 bridgehead atoms. The molecular formula is C21H26N4O4S. The number of rotatable bonds is 7. The summed E-state index contributed by atoms with van der Waals surface area (Å²) in [4.78, 5) is 26.9. The van der Waals surface area contributed by atoms with Crippen molar-refractivity contribution < 1.29 is 18.0 Å². The predicted molar refractivity (Wildman–Crippen MR) is 118 cm³/mol. The van der Waals surface area contributed by atoms with Crippen LogP contribution < -0.4 is 15.4 Å². The number of amides is 3. The van der Waals surface area contributed by atoms with Gasteiger partial charge in [0.1, 0.15) is 0 Å². The molecule has 1 saturated heterocycles. The second-order valence-corrected chi connectivity index (χ2v) is 8.97. The van der Waals surface area contributed by atoms with Crippen LogP contribution in [0, 0.1) is 0 Å². The summed E-state index contributed by atoms with van der Waals surface area (Å²) in [5.41, 5.74) is 1.59. The first kappa shape index (κ1) is 21.6. The molecule has 160 valence electrons. The minimum atomic E-state index is -3.45. The molecule has 1 fully saturated rings. The number of carbonyl (C=O) groups is 2. The van der Waals surface area contributed by atoms with Gasteiger partial charge in [0.05, 0.1) is 17.1 Å². The van der Waals surface area contributed by atoms with Gasteiger partial charge in [0.15, 0.2) is 0 Å². The Morgan fingerprint density at radius 1 is 0.967 bits per heavy atom. The molecule has 3 N–H and O–H groups in total. The number of carbonyl (C=O) groups excluding carboxylic acids is 2. The fourth-order valence-electron chi connectivity index (χ4n) is 3.23. The molecule has 2 aromatic rings. The average molecular weight is 431 g/mol. The lowest BCUT2D eigenvalue weighted by Gasteiger charge is -2.18. The maximum atomic E-state index is 12.7. The van der Waals surface area contributed by atoms with Crippen LogP contribution in [0.15, 0.2) is 48.5 Å². The smallest absolute Gasteiger partial charge is 0.321 e. The second-order valence-electron chi connectivity index (χ2n) is 7.13. The van der Waals surface area contributed by atoms with E-state index in [0.29, 0.717) is 29.0 Å². The number of benzene rings is 2. The number of anilines is 3. The van der Waals surface area contributed by atoms with Gasteiger partial charge in [-0.05, 0) is 49.6 Å². The number of urea groups is 1. The molecule has 9 heteroatoms. The van der Waals surface area contributed by atoms with Crippen molar-refractivity contribution in [3.05, 3.63) is 54.1 Å². The van der Waals surface area contributed by atoms with E-state index in [1.165, 1.54) is 6.07 Å². The first-order chi connectivity index (χ1) is 14.4. The number of likely N-dealkylation sites (tertiary alicyclic amines) is 1. The molecular weight excluding hydrogens is 404 g/mol. The van der Waals surface area contributed by atoms with E-state index in [2.05, 4.69) is 15.4 Å². The van der Waals surface area contributed by atoms with Crippen molar-refractivity contribution in [2.45, 2.75) is 26.2 Å². The Morgan fingerprint density at radius 3 is 2.30 bits per heavy atom. The lowest BCUT2D eigenvalue weighted by molar-refractivity contribution is 0.102. The van der Waals surface area contributed by atoms with E-state index in [1.807, 2.05) is 0 Å². The van der Waals surface area contributed by atoms with Crippen LogP contribution in [-0.4, -0.2) is 44.1 Å². The zero-order chi connectivity index (χ0) is 21.6. The minimum absolute atomic E-state index is 0.00746. The Labute approximate surface area is 176 Å². The van der Waals surface area contributed by atoms with Crippen molar-refractivity contribution in [3.8, 4) is 0 Å². The number of hydrogen-bond donors (Lipinski definition) is 3. The molecule has 1 aliphatic rings. The molecule has 8 nitrogen and oxygen atoms in total. The van der Waals surface area contributed by atoms with Crippen molar-refractivity contribution in [2.75, 3.05) is 34.2 Å². The molecule has 3 amide bonds. The third-order valence-electron chi connectivity index (χ3n) is 4.68. The van der Waals surface area contributed by atoms with Crippen molar-refractivity contribution in [1.29, 1.82) is 0 Å². The van der Waals surface area contributed by atoms with Gasteiger partial charge < -0.3 is 15.5 Å². The van der Waals surface area contributed by atoms with Gasteiger partial charge >= 0.3 is 6.03 Å².